The quantitative estimate of drug-likeness (QED) is 0.854. The first-order valence-corrected chi connectivity index (χ1v) is 7.20. The first kappa shape index (κ1) is 13.2. The summed E-state index contributed by atoms with van der Waals surface area (Å²) < 4.78 is 5.42. The van der Waals surface area contributed by atoms with Crippen molar-refractivity contribution in [2.45, 2.75) is 18.1 Å². The number of hydrogen-bond acceptors (Lipinski definition) is 4. The topological polar surface area (TPSA) is 64.3 Å². The van der Waals surface area contributed by atoms with E-state index in [9.17, 15) is 4.79 Å². The molecule has 1 fully saturated rings. The van der Waals surface area contributed by atoms with E-state index in [1.165, 1.54) is 0 Å². The van der Waals surface area contributed by atoms with Gasteiger partial charge in [-0.2, -0.15) is 0 Å². The molecule has 3 N–H and O–H groups in total. The zero-order chi connectivity index (χ0) is 12.8. The Hall–Kier alpha value is -1.20. The van der Waals surface area contributed by atoms with Crippen LogP contribution < -0.4 is 15.8 Å². The molecule has 1 atom stereocenters. The van der Waals surface area contributed by atoms with Crippen LogP contribution in [0.25, 0.3) is 0 Å². The van der Waals surface area contributed by atoms with Gasteiger partial charge in [0.25, 0.3) is 0 Å². The SMILES string of the molecule is NCCOc1cccc(NC(=O)C2CCCS2)c1. The van der Waals surface area contributed by atoms with Crippen LogP contribution in [0.3, 0.4) is 0 Å². The third-order valence-corrected chi connectivity index (χ3v) is 4.09. The van der Waals surface area contributed by atoms with Gasteiger partial charge in [-0.3, -0.25) is 4.79 Å². The maximum atomic E-state index is 11.9. The van der Waals surface area contributed by atoms with Gasteiger partial charge in [0.2, 0.25) is 5.91 Å². The normalized spacial score (nSPS) is 18.6. The second kappa shape index (κ2) is 6.66. The second-order valence-electron chi connectivity index (χ2n) is 4.16. The molecule has 4 nitrogen and oxygen atoms in total. The van der Waals surface area contributed by atoms with Crippen LogP contribution in [0, 0.1) is 0 Å². The van der Waals surface area contributed by atoms with Crippen molar-refractivity contribution in [2.24, 2.45) is 5.73 Å². The molecular weight excluding hydrogens is 248 g/mol. The highest BCUT2D eigenvalue weighted by Gasteiger charge is 2.23. The minimum atomic E-state index is 0.0912. The Labute approximate surface area is 111 Å². The summed E-state index contributed by atoms with van der Waals surface area (Å²) in [6.45, 7) is 0.963. The lowest BCUT2D eigenvalue weighted by atomic mass is 10.2. The molecule has 1 aromatic carbocycles. The van der Waals surface area contributed by atoms with Crippen molar-refractivity contribution in [2.75, 3.05) is 24.2 Å². The number of ether oxygens (including phenoxy) is 1. The zero-order valence-corrected chi connectivity index (χ0v) is 11.0. The smallest absolute Gasteiger partial charge is 0.237 e. The lowest BCUT2D eigenvalue weighted by Gasteiger charge is -2.11. The minimum Gasteiger partial charge on any atom is -0.492 e. The largest absolute Gasteiger partial charge is 0.492 e. The Morgan fingerprint density at radius 3 is 3.17 bits per heavy atom. The van der Waals surface area contributed by atoms with E-state index in [0.29, 0.717) is 13.2 Å². The summed E-state index contributed by atoms with van der Waals surface area (Å²) in [5, 5.41) is 3.03. The highest BCUT2D eigenvalue weighted by atomic mass is 32.2. The Morgan fingerprint density at radius 2 is 2.44 bits per heavy atom. The molecule has 0 saturated carbocycles. The van der Waals surface area contributed by atoms with Gasteiger partial charge in [-0.1, -0.05) is 6.07 Å². The van der Waals surface area contributed by atoms with E-state index in [1.54, 1.807) is 11.8 Å². The summed E-state index contributed by atoms with van der Waals surface area (Å²) in [4.78, 5) is 11.9. The number of hydrogen-bond donors (Lipinski definition) is 2. The van der Waals surface area contributed by atoms with E-state index in [-0.39, 0.29) is 11.2 Å². The molecule has 5 heteroatoms. The molecule has 0 spiro atoms. The fourth-order valence-electron chi connectivity index (χ4n) is 1.85. The molecule has 0 aromatic heterocycles. The van der Waals surface area contributed by atoms with Crippen LogP contribution >= 0.6 is 11.8 Å². The Kier molecular flexibility index (Phi) is 4.90. The number of benzene rings is 1. The highest BCUT2D eigenvalue weighted by molar-refractivity contribution is 8.00. The molecule has 1 aliphatic rings. The molecule has 18 heavy (non-hydrogen) atoms. The summed E-state index contributed by atoms with van der Waals surface area (Å²) in [7, 11) is 0. The Morgan fingerprint density at radius 1 is 1.56 bits per heavy atom. The third-order valence-electron chi connectivity index (χ3n) is 2.71. The van der Waals surface area contributed by atoms with Crippen molar-refractivity contribution in [1.82, 2.24) is 0 Å². The molecule has 1 aliphatic heterocycles. The van der Waals surface area contributed by atoms with Crippen LogP contribution in [0.15, 0.2) is 24.3 Å². The molecule has 1 unspecified atom stereocenters. The number of anilines is 1. The van der Waals surface area contributed by atoms with Crippen molar-refractivity contribution < 1.29 is 9.53 Å². The standard InChI is InChI=1S/C13H18N2O2S/c14-6-7-17-11-4-1-3-10(9-11)15-13(16)12-5-2-8-18-12/h1,3-4,9,12H,2,5-8,14H2,(H,15,16). The van der Waals surface area contributed by atoms with Crippen molar-refractivity contribution in [3.05, 3.63) is 24.3 Å². The van der Waals surface area contributed by atoms with Gasteiger partial charge in [-0.15, -0.1) is 11.8 Å². The summed E-state index contributed by atoms with van der Waals surface area (Å²) in [5.74, 6) is 1.91. The summed E-state index contributed by atoms with van der Waals surface area (Å²) in [5.41, 5.74) is 6.16. The average Bonchev–Trinajstić information content (AvgIpc) is 2.91. The van der Waals surface area contributed by atoms with Gasteiger partial charge in [0, 0.05) is 18.3 Å². The summed E-state index contributed by atoms with van der Waals surface area (Å²) in [6.07, 6.45) is 2.10. The van der Waals surface area contributed by atoms with E-state index in [1.807, 2.05) is 24.3 Å². The van der Waals surface area contributed by atoms with Crippen molar-refractivity contribution in [3.8, 4) is 5.75 Å². The van der Waals surface area contributed by atoms with E-state index in [2.05, 4.69) is 5.32 Å². The van der Waals surface area contributed by atoms with Gasteiger partial charge in [0.1, 0.15) is 12.4 Å². The predicted octanol–water partition coefficient (Wildman–Crippen LogP) is 1.86. The Bertz CT molecular complexity index is 406. The van der Waals surface area contributed by atoms with Gasteiger partial charge in [0.05, 0.1) is 5.25 Å². The summed E-state index contributed by atoms with van der Waals surface area (Å²) >= 11 is 1.73. The molecule has 1 saturated heterocycles. The third kappa shape index (κ3) is 3.65. The molecule has 1 amide bonds. The fraction of sp³-hybridized carbons (Fsp3) is 0.462. The predicted molar refractivity (Wildman–Crippen MR) is 75.1 cm³/mol. The number of thioether (sulfide) groups is 1. The fourth-order valence-corrected chi connectivity index (χ4v) is 3.01. The highest BCUT2D eigenvalue weighted by Crippen LogP contribution is 2.27. The van der Waals surface area contributed by atoms with Crippen LogP contribution in [0.1, 0.15) is 12.8 Å². The molecule has 0 bridgehead atoms. The van der Waals surface area contributed by atoms with Crippen LogP contribution in [-0.4, -0.2) is 30.1 Å². The van der Waals surface area contributed by atoms with Crippen LogP contribution in [0.4, 0.5) is 5.69 Å². The second-order valence-corrected chi connectivity index (χ2v) is 5.47. The lowest BCUT2D eigenvalue weighted by molar-refractivity contribution is -0.115. The number of rotatable bonds is 5. The van der Waals surface area contributed by atoms with Gasteiger partial charge < -0.3 is 15.8 Å². The number of carbonyl (C=O) groups excluding carboxylic acids is 1. The molecule has 0 radical (unpaired) electrons. The maximum Gasteiger partial charge on any atom is 0.237 e. The zero-order valence-electron chi connectivity index (χ0n) is 10.2. The van der Waals surface area contributed by atoms with Crippen molar-refractivity contribution >= 4 is 23.4 Å². The van der Waals surface area contributed by atoms with Crippen LogP contribution in [0.5, 0.6) is 5.75 Å². The van der Waals surface area contributed by atoms with Gasteiger partial charge in [0.15, 0.2) is 0 Å². The molecular formula is C13H18N2O2S. The molecule has 98 valence electrons. The van der Waals surface area contributed by atoms with Gasteiger partial charge >= 0.3 is 0 Å². The maximum absolute atomic E-state index is 11.9. The van der Waals surface area contributed by atoms with Crippen molar-refractivity contribution in [3.63, 3.8) is 0 Å². The number of nitrogens with one attached hydrogen (secondary N) is 1. The van der Waals surface area contributed by atoms with Crippen molar-refractivity contribution in [1.29, 1.82) is 0 Å². The van der Waals surface area contributed by atoms with Gasteiger partial charge in [-0.05, 0) is 30.7 Å². The van der Waals surface area contributed by atoms with E-state index in [4.69, 9.17) is 10.5 Å². The first-order valence-electron chi connectivity index (χ1n) is 6.15. The van der Waals surface area contributed by atoms with E-state index < -0.39 is 0 Å². The number of carbonyl (C=O) groups is 1. The number of nitrogens with two attached hydrogens (primary N) is 1. The van der Waals surface area contributed by atoms with Crippen LogP contribution in [0.2, 0.25) is 0 Å². The Balaban J connectivity index is 1.93. The van der Waals surface area contributed by atoms with E-state index >= 15 is 0 Å². The molecule has 0 aliphatic carbocycles. The monoisotopic (exact) mass is 266 g/mol. The number of amides is 1. The molecule has 2 rings (SSSR count). The molecule has 1 heterocycles. The average molecular weight is 266 g/mol. The summed E-state index contributed by atoms with van der Waals surface area (Å²) in [6, 6.07) is 7.42. The minimum absolute atomic E-state index is 0.0912. The molecule has 1 aromatic rings. The van der Waals surface area contributed by atoms with Gasteiger partial charge in [-0.25, -0.2) is 0 Å². The van der Waals surface area contributed by atoms with E-state index in [0.717, 1.165) is 30.0 Å². The van der Waals surface area contributed by atoms with Crippen LogP contribution in [-0.2, 0) is 4.79 Å². The first-order chi connectivity index (χ1) is 8.79. The lowest BCUT2D eigenvalue weighted by Crippen LogP contribution is -2.22.